The number of sulfonamides is 1. The fourth-order valence-corrected chi connectivity index (χ4v) is 4.50. The minimum Gasteiger partial charge on any atom is -0.495 e. The number of ether oxygens (including phenoxy) is 1. The third-order valence-corrected chi connectivity index (χ3v) is 6.00. The van der Waals surface area contributed by atoms with Gasteiger partial charge in [-0.1, -0.05) is 19.8 Å². The van der Waals surface area contributed by atoms with Crippen molar-refractivity contribution in [2.75, 3.05) is 7.11 Å². The van der Waals surface area contributed by atoms with E-state index in [1.54, 1.807) is 12.1 Å². The highest BCUT2D eigenvalue weighted by Crippen LogP contribution is 2.30. The largest absolute Gasteiger partial charge is 0.495 e. The van der Waals surface area contributed by atoms with Crippen molar-refractivity contribution in [1.29, 1.82) is 0 Å². The molecular formula is C16H25NO3S. The summed E-state index contributed by atoms with van der Waals surface area (Å²) in [5.74, 6) is 0.792. The fraction of sp³-hybridized carbons (Fsp3) is 0.625. The lowest BCUT2D eigenvalue weighted by Crippen LogP contribution is -2.41. The van der Waals surface area contributed by atoms with Crippen LogP contribution in [0.15, 0.2) is 17.0 Å². The Morgan fingerprint density at radius 2 is 1.76 bits per heavy atom. The van der Waals surface area contributed by atoms with Crippen LogP contribution in [-0.4, -0.2) is 21.6 Å². The summed E-state index contributed by atoms with van der Waals surface area (Å²) < 4.78 is 33.5. The molecule has 0 heterocycles. The summed E-state index contributed by atoms with van der Waals surface area (Å²) in [7, 11) is -2.04. The summed E-state index contributed by atoms with van der Waals surface area (Å²) in [6, 6.07) is 3.51. The smallest absolute Gasteiger partial charge is 0.244 e. The van der Waals surface area contributed by atoms with Crippen molar-refractivity contribution in [3.05, 3.63) is 23.3 Å². The van der Waals surface area contributed by atoms with Crippen molar-refractivity contribution in [3.8, 4) is 5.75 Å². The molecule has 2 atom stereocenters. The maximum absolute atomic E-state index is 12.7. The van der Waals surface area contributed by atoms with Gasteiger partial charge >= 0.3 is 0 Å². The predicted octanol–water partition coefficient (Wildman–Crippen LogP) is 3.17. The number of hydrogen-bond acceptors (Lipinski definition) is 3. The van der Waals surface area contributed by atoms with E-state index in [4.69, 9.17) is 4.74 Å². The third kappa shape index (κ3) is 3.58. The van der Waals surface area contributed by atoms with E-state index < -0.39 is 10.0 Å². The lowest BCUT2D eigenvalue weighted by Gasteiger charge is -2.29. The SMILES string of the molecule is COc1cc(C)c(C)cc1S(=O)(=O)N[C@H]1CCCC[C@@H]1C. The van der Waals surface area contributed by atoms with Gasteiger partial charge in [0.25, 0.3) is 0 Å². The number of methoxy groups -OCH3 is 1. The van der Waals surface area contributed by atoms with E-state index in [2.05, 4.69) is 11.6 Å². The summed E-state index contributed by atoms with van der Waals surface area (Å²) in [6.45, 7) is 5.98. The van der Waals surface area contributed by atoms with Crippen LogP contribution in [0.2, 0.25) is 0 Å². The van der Waals surface area contributed by atoms with Gasteiger partial charge in [-0.05, 0) is 55.9 Å². The zero-order chi connectivity index (χ0) is 15.6. The minimum atomic E-state index is -3.55. The Bertz CT molecular complexity index is 610. The normalized spacial score (nSPS) is 23.0. The molecule has 4 nitrogen and oxygen atoms in total. The maximum Gasteiger partial charge on any atom is 0.244 e. The van der Waals surface area contributed by atoms with E-state index in [-0.39, 0.29) is 10.9 Å². The van der Waals surface area contributed by atoms with Gasteiger partial charge in [-0.15, -0.1) is 0 Å². The molecule has 1 saturated carbocycles. The third-order valence-electron chi connectivity index (χ3n) is 4.49. The molecule has 0 amide bonds. The molecule has 0 bridgehead atoms. The molecular weight excluding hydrogens is 286 g/mol. The summed E-state index contributed by atoms with van der Waals surface area (Å²) in [5, 5.41) is 0. The van der Waals surface area contributed by atoms with Crippen molar-refractivity contribution >= 4 is 10.0 Å². The summed E-state index contributed by atoms with van der Waals surface area (Å²) in [5.41, 5.74) is 1.98. The zero-order valence-electron chi connectivity index (χ0n) is 13.3. The summed E-state index contributed by atoms with van der Waals surface area (Å²) in [6.07, 6.45) is 4.26. The molecule has 0 saturated heterocycles. The summed E-state index contributed by atoms with van der Waals surface area (Å²) >= 11 is 0. The van der Waals surface area contributed by atoms with E-state index in [0.717, 1.165) is 30.4 Å². The van der Waals surface area contributed by atoms with Crippen LogP contribution in [-0.2, 0) is 10.0 Å². The van der Waals surface area contributed by atoms with Gasteiger partial charge < -0.3 is 4.74 Å². The van der Waals surface area contributed by atoms with Crippen molar-refractivity contribution < 1.29 is 13.2 Å². The topological polar surface area (TPSA) is 55.4 Å². The second-order valence-corrected chi connectivity index (χ2v) is 7.76. The molecule has 1 fully saturated rings. The standard InChI is InChI=1S/C16H25NO3S/c1-11-7-5-6-8-14(11)17-21(18,19)16-10-13(3)12(2)9-15(16)20-4/h9-11,14,17H,5-8H2,1-4H3/t11-,14-/m0/s1. The molecule has 1 aromatic carbocycles. The fourth-order valence-electron chi connectivity index (χ4n) is 2.89. The molecule has 1 aliphatic carbocycles. The molecule has 1 aliphatic rings. The van der Waals surface area contributed by atoms with Gasteiger partial charge in [0.1, 0.15) is 10.6 Å². The molecule has 0 aliphatic heterocycles. The molecule has 0 spiro atoms. The number of benzene rings is 1. The van der Waals surface area contributed by atoms with Gasteiger partial charge in [-0.3, -0.25) is 0 Å². The van der Waals surface area contributed by atoms with E-state index in [1.165, 1.54) is 13.5 Å². The van der Waals surface area contributed by atoms with Gasteiger partial charge in [-0.25, -0.2) is 13.1 Å². The molecule has 1 N–H and O–H groups in total. The molecule has 1 aromatic rings. The van der Waals surface area contributed by atoms with Crippen LogP contribution in [0.25, 0.3) is 0 Å². The monoisotopic (exact) mass is 311 g/mol. The number of rotatable bonds is 4. The van der Waals surface area contributed by atoms with Crippen LogP contribution in [0.4, 0.5) is 0 Å². The van der Waals surface area contributed by atoms with Gasteiger partial charge in [-0.2, -0.15) is 0 Å². The minimum absolute atomic E-state index is 0.0232. The van der Waals surface area contributed by atoms with Crippen LogP contribution < -0.4 is 9.46 Å². The molecule has 21 heavy (non-hydrogen) atoms. The van der Waals surface area contributed by atoms with Crippen LogP contribution in [0.1, 0.15) is 43.7 Å². The van der Waals surface area contributed by atoms with Crippen LogP contribution in [0.5, 0.6) is 5.75 Å². The first-order valence-electron chi connectivity index (χ1n) is 7.52. The Labute approximate surface area is 127 Å². The maximum atomic E-state index is 12.7. The second kappa shape index (κ2) is 6.36. The van der Waals surface area contributed by atoms with E-state index in [1.807, 2.05) is 13.8 Å². The molecule has 0 aromatic heterocycles. The van der Waals surface area contributed by atoms with Crippen molar-refractivity contribution in [3.63, 3.8) is 0 Å². The number of aryl methyl sites for hydroxylation is 2. The highest BCUT2D eigenvalue weighted by molar-refractivity contribution is 7.89. The first kappa shape index (κ1) is 16.3. The Balaban J connectivity index is 2.33. The quantitative estimate of drug-likeness (QED) is 0.929. The Morgan fingerprint density at radius 1 is 1.14 bits per heavy atom. The van der Waals surface area contributed by atoms with Crippen LogP contribution >= 0.6 is 0 Å². The molecule has 2 rings (SSSR count). The molecule has 5 heteroatoms. The van der Waals surface area contributed by atoms with Gasteiger partial charge in [0.2, 0.25) is 10.0 Å². The van der Waals surface area contributed by atoms with Gasteiger partial charge in [0.05, 0.1) is 7.11 Å². The van der Waals surface area contributed by atoms with Crippen molar-refractivity contribution in [1.82, 2.24) is 4.72 Å². The Kier molecular flexibility index (Phi) is 4.94. The Hall–Kier alpha value is -1.07. The van der Waals surface area contributed by atoms with Gasteiger partial charge in [0, 0.05) is 6.04 Å². The lowest BCUT2D eigenvalue weighted by molar-refractivity contribution is 0.310. The summed E-state index contributed by atoms with van der Waals surface area (Å²) in [4.78, 5) is 0.242. The van der Waals surface area contributed by atoms with Crippen LogP contribution in [0, 0.1) is 19.8 Å². The van der Waals surface area contributed by atoms with Crippen molar-refractivity contribution in [2.24, 2.45) is 5.92 Å². The number of nitrogens with one attached hydrogen (secondary N) is 1. The van der Waals surface area contributed by atoms with E-state index >= 15 is 0 Å². The molecule has 0 unspecified atom stereocenters. The number of hydrogen-bond donors (Lipinski definition) is 1. The van der Waals surface area contributed by atoms with Crippen molar-refractivity contribution in [2.45, 2.75) is 57.4 Å². The highest BCUT2D eigenvalue weighted by atomic mass is 32.2. The lowest BCUT2D eigenvalue weighted by atomic mass is 9.87. The second-order valence-electron chi connectivity index (χ2n) is 6.08. The van der Waals surface area contributed by atoms with Crippen LogP contribution in [0.3, 0.4) is 0 Å². The van der Waals surface area contributed by atoms with E-state index in [0.29, 0.717) is 11.7 Å². The molecule has 0 radical (unpaired) electrons. The van der Waals surface area contributed by atoms with E-state index in [9.17, 15) is 8.42 Å². The zero-order valence-corrected chi connectivity index (χ0v) is 14.1. The first-order valence-corrected chi connectivity index (χ1v) is 9.01. The molecule has 118 valence electrons. The van der Waals surface area contributed by atoms with Gasteiger partial charge in [0.15, 0.2) is 0 Å². The average molecular weight is 311 g/mol. The predicted molar refractivity (Wildman–Crippen MR) is 84.2 cm³/mol. The Morgan fingerprint density at radius 3 is 2.38 bits per heavy atom. The average Bonchev–Trinajstić information content (AvgIpc) is 2.43. The highest BCUT2D eigenvalue weighted by Gasteiger charge is 2.28. The first-order chi connectivity index (χ1) is 9.85.